The van der Waals surface area contributed by atoms with E-state index in [1.807, 2.05) is 11.3 Å². The molecule has 304 valence electrons. The fraction of sp³-hybridized carbons (Fsp3) is 0. The molecule has 0 amide bonds. The quantitative estimate of drug-likeness (QED) is 0.145. The van der Waals surface area contributed by atoms with Crippen molar-refractivity contribution in [3.63, 3.8) is 0 Å². The molecule has 2 nitrogen and oxygen atoms in total. The van der Waals surface area contributed by atoms with Gasteiger partial charge in [0.15, 0.2) is 0 Å². The molecule has 0 aliphatic carbocycles. The van der Waals surface area contributed by atoms with Crippen LogP contribution in [0, 0.1) is 0 Å². The van der Waals surface area contributed by atoms with Crippen LogP contribution in [0.25, 0.3) is 103 Å². The van der Waals surface area contributed by atoms with Crippen molar-refractivity contribution in [3.05, 3.63) is 243 Å². The largest absolute Gasteiger partial charge is 0.310 e. The number of rotatable bonds is 7. The van der Waals surface area contributed by atoms with Gasteiger partial charge in [-0.1, -0.05) is 182 Å². The fourth-order valence-electron chi connectivity index (χ4n) is 10.1. The first-order chi connectivity index (χ1) is 32.2. The average molecular weight is 845 g/mol. The molecular formula is C62H40N2S. The Labute approximate surface area is 381 Å². The van der Waals surface area contributed by atoms with Gasteiger partial charge >= 0.3 is 0 Å². The number of anilines is 3. The summed E-state index contributed by atoms with van der Waals surface area (Å²) in [6.45, 7) is 0. The molecular weight excluding hydrogens is 805 g/mol. The highest BCUT2D eigenvalue weighted by Gasteiger charge is 2.20. The summed E-state index contributed by atoms with van der Waals surface area (Å²) in [5.41, 5.74) is 14.1. The van der Waals surface area contributed by atoms with E-state index in [2.05, 4.69) is 252 Å². The first kappa shape index (κ1) is 37.3. The molecule has 0 fully saturated rings. The second-order valence-electron chi connectivity index (χ2n) is 16.9. The lowest BCUT2D eigenvalue weighted by Gasteiger charge is -2.26. The zero-order chi connectivity index (χ0) is 42.8. The standard InChI is InChI=1S/C62H40N2S/c1-3-12-41(13-4-1)43-28-33-49(34-29-43)63(51-37-38-55-54-18-9-10-21-58(54)65-59(55)40-51)50-35-30-44(31-36-50)42-22-24-46(25-23-42)53-19-11-20-56-61-57(64(62(53)56)48-15-5-2-6-16-48)39-32-47-27-26-45-14-7-8-17-52(45)60(47)61/h1-40H. The summed E-state index contributed by atoms with van der Waals surface area (Å²) >= 11 is 1.86. The van der Waals surface area contributed by atoms with Crippen LogP contribution in [0.1, 0.15) is 0 Å². The Kier molecular flexibility index (Phi) is 8.75. The highest BCUT2D eigenvalue weighted by atomic mass is 32.1. The van der Waals surface area contributed by atoms with Crippen LogP contribution in [0.15, 0.2) is 243 Å². The predicted molar refractivity (Wildman–Crippen MR) is 280 cm³/mol. The van der Waals surface area contributed by atoms with Gasteiger partial charge in [-0.25, -0.2) is 0 Å². The minimum absolute atomic E-state index is 1.11. The smallest absolute Gasteiger partial charge is 0.0619 e. The molecule has 11 aromatic carbocycles. The van der Waals surface area contributed by atoms with Gasteiger partial charge in [0.2, 0.25) is 0 Å². The van der Waals surface area contributed by atoms with Gasteiger partial charge in [-0.2, -0.15) is 0 Å². The molecule has 2 heterocycles. The second-order valence-corrected chi connectivity index (χ2v) is 18.0. The molecule has 0 N–H and O–H groups in total. The van der Waals surface area contributed by atoms with E-state index in [1.165, 1.54) is 96.9 Å². The number of nitrogens with zero attached hydrogens (tertiary/aromatic N) is 2. The van der Waals surface area contributed by atoms with Crippen molar-refractivity contribution in [2.24, 2.45) is 0 Å². The summed E-state index contributed by atoms with van der Waals surface area (Å²) in [4.78, 5) is 2.38. The maximum Gasteiger partial charge on any atom is 0.0619 e. The molecule has 0 unspecified atom stereocenters. The molecule has 0 radical (unpaired) electrons. The van der Waals surface area contributed by atoms with Gasteiger partial charge < -0.3 is 9.47 Å². The monoisotopic (exact) mass is 844 g/mol. The van der Waals surface area contributed by atoms with Crippen molar-refractivity contribution in [1.29, 1.82) is 0 Å². The van der Waals surface area contributed by atoms with E-state index >= 15 is 0 Å². The molecule has 0 saturated carbocycles. The van der Waals surface area contributed by atoms with Crippen molar-refractivity contribution < 1.29 is 0 Å². The maximum atomic E-state index is 2.47. The molecule has 3 heteroatoms. The van der Waals surface area contributed by atoms with Crippen LogP contribution in [0.3, 0.4) is 0 Å². The van der Waals surface area contributed by atoms with Gasteiger partial charge in [-0.05, 0) is 110 Å². The maximum absolute atomic E-state index is 2.47. The summed E-state index contributed by atoms with van der Waals surface area (Å²) in [6.07, 6.45) is 0. The van der Waals surface area contributed by atoms with Crippen molar-refractivity contribution in [2.75, 3.05) is 4.90 Å². The van der Waals surface area contributed by atoms with Gasteiger partial charge in [0.05, 0.1) is 11.0 Å². The molecule has 13 rings (SSSR count). The van der Waals surface area contributed by atoms with Crippen LogP contribution in [0.4, 0.5) is 17.1 Å². The third kappa shape index (κ3) is 6.24. The number of benzene rings is 11. The van der Waals surface area contributed by atoms with Gasteiger partial charge in [0.1, 0.15) is 0 Å². The van der Waals surface area contributed by atoms with Crippen molar-refractivity contribution in [1.82, 2.24) is 4.57 Å². The Morgan fingerprint density at radius 3 is 1.60 bits per heavy atom. The first-order valence-electron chi connectivity index (χ1n) is 22.2. The summed E-state index contributed by atoms with van der Waals surface area (Å²) < 4.78 is 5.06. The summed E-state index contributed by atoms with van der Waals surface area (Å²) in [6, 6.07) is 88.8. The highest BCUT2D eigenvalue weighted by molar-refractivity contribution is 7.25. The molecule has 0 saturated heterocycles. The van der Waals surface area contributed by atoms with Crippen LogP contribution >= 0.6 is 11.3 Å². The normalized spacial score (nSPS) is 11.7. The number of para-hydroxylation sites is 2. The van der Waals surface area contributed by atoms with E-state index in [1.54, 1.807) is 0 Å². The summed E-state index contributed by atoms with van der Waals surface area (Å²) in [5, 5.41) is 10.3. The van der Waals surface area contributed by atoms with Crippen LogP contribution in [0.5, 0.6) is 0 Å². The van der Waals surface area contributed by atoms with E-state index in [9.17, 15) is 0 Å². The zero-order valence-corrected chi connectivity index (χ0v) is 36.2. The lowest BCUT2D eigenvalue weighted by atomic mass is 9.95. The molecule has 0 aliphatic rings. The van der Waals surface area contributed by atoms with Gasteiger partial charge in [-0.15, -0.1) is 11.3 Å². The van der Waals surface area contributed by atoms with E-state index in [4.69, 9.17) is 0 Å². The number of fused-ring (bicyclic) bond motifs is 10. The van der Waals surface area contributed by atoms with Crippen LogP contribution in [0.2, 0.25) is 0 Å². The molecule has 0 bridgehead atoms. The molecule has 0 atom stereocenters. The molecule has 13 aromatic rings. The number of thiophene rings is 1. The van der Waals surface area contributed by atoms with E-state index in [0.717, 1.165) is 22.7 Å². The Morgan fingerprint density at radius 2 is 0.862 bits per heavy atom. The Balaban J connectivity index is 0.898. The first-order valence-corrected chi connectivity index (χ1v) is 23.1. The third-order valence-electron chi connectivity index (χ3n) is 13.2. The minimum atomic E-state index is 1.11. The Hall–Kier alpha value is -8.24. The summed E-state index contributed by atoms with van der Waals surface area (Å²) in [5.74, 6) is 0. The number of aromatic nitrogens is 1. The van der Waals surface area contributed by atoms with Crippen LogP contribution < -0.4 is 4.90 Å². The second kappa shape index (κ2) is 15.2. The number of hydrogen-bond donors (Lipinski definition) is 0. The van der Waals surface area contributed by atoms with Crippen molar-refractivity contribution >= 4 is 91.9 Å². The third-order valence-corrected chi connectivity index (χ3v) is 14.3. The fourth-order valence-corrected chi connectivity index (χ4v) is 11.2. The Morgan fingerprint density at radius 1 is 0.323 bits per heavy atom. The van der Waals surface area contributed by atoms with E-state index < -0.39 is 0 Å². The topological polar surface area (TPSA) is 8.17 Å². The average Bonchev–Trinajstić information content (AvgIpc) is 3.93. The summed E-state index contributed by atoms with van der Waals surface area (Å²) in [7, 11) is 0. The predicted octanol–water partition coefficient (Wildman–Crippen LogP) is 17.9. The lowest BCUT2D eigenvalue weighted by molar-refractivity contribution is 1.18. The molecule has 65 heavy (non-hydrogen) atoms. The Bertz CT molecular complexity index is 3900. The van der Waals surface area contributed by atoms with Gasteiger partial charge in [0, 0.05) is 59.3 Å². The van der Waals surface area contributed by atoms with Crippen molar-refractivity contribution in [2.45, 2.75) is 0 Å². The highest BCUT2D eigenvalue weighted by Crippen LogP contribution is 2.45. The van der Waals surface area contributed by atoms with Gasteiger partial charge in [-0.3, -0.25) is 0 Å². The van der Waals surface area contributed by atoms with Crippen LogP contribution in [-0.4, -0.2) is 4.57 Å². The minimum Gasteiger partial charge on any atom is -0.310 e. The van der Waals surface area contributed by atoms with Crippen molar-refractivity contribution in [3.8, 4) is 39.1 Å². The van der Waals surface area contributed by atoms with E-state index in [0.29, 0.717) is 0 Å². The zero-order valence-electron chi connectivity index (χ0n) is 35.4. The molecule has 0 aliphatic heterocycles. The van der Waals surface area contributed by atoms with E-state index in [-0.39, 0.29) is 0 Å². The van der Waals surface area contributed by atoms with Gasteiger partial charge in [0.25, 0.3) is 0 Å². The number of hydrogen-bond acceptors (Lipinski definition) is 2. The molecule has 2 aromatic heterocycles. The molecule has 0 spiro atoms. The SMILES string of the molecule is c1ccc(-c2ccc(N(c3ccc(-c4ccc(-c5cccc6c7c8c(ccc9ccccc98)ccc7n(-c7ccccc7)c56)cc4)cc3)c3ccc4c(c3)sc3ccccc34)cc2)cc1. The van der Waals surface area contributed by atoms with Crippen LogP contribution in [-0.2, 0) is 0 Å². The lowest BCUT2D eigenvalue weighted by Crippen LogP contribution is -2.09.